The standard InChI is InChI=1S/C19H21F2NO5S2/c1-25-16-10-18(27-3)17(26-2)9-15(16)19-22(4-5-28-19)29(23,24)11-12-6-13(20)8-14(21)7-12/h6-10,19H,4-5,11H2,1-3H3. The Kier molecular flexibility index (Phi) is 6.55. The summed E-state index contributed by atoms with van der Waals surface area (Å²) in [6.07, 6.45) is 0. The van der Waals surface area contributed by atoms with E-state index in [0.717, 1.165) is 12.1 Å². The highest BCUT2D eigenvalue weighted by Gasteiger charge is 2.38. The van der Waals surface area contributed by atoms with Crippen molar-refractivity contribution in [3.63, 3.8) is 0 Å². The smallest absolute Gasteiger partial charge is 0.219 e. The maximum absolute atomic E-state index is 13.5. The van der Waals surface area contributed by atoms with Gasteiger partial charge in [-0.05, 0) is 23.8 Å². The highest BCUT2D eigenvalue weighted by atomic mass is 32.2. The number of benzene rings is 2. The van der Waals surface area contributed by atoms with Gasteiger partial charge in [0.2, 0.25) is 10.0 Å². The molecule has 1 unspecified atom stereocenters. The topological polar surface area (TPSA) is 65.1 Å². The maximum atomic E-state index is 13.5. The van der Waals surface area contributed by atoms with Crippen molar-refractivity contribution in [1.82, 2.24) is 4.31 Å². The van der Waals surface area contributed by atoms with Gasteiger partial charge in [0.05, 0.1) is 32.5 Å². The lowest BCUT2D eigenvalue weighted by Crippen LogP contribution is -2.31. The lowest BCUT2D eigenvalue weighted by molar-refractivity contribution is 0.344. The Morgan fingerprint density at radius 2 is 1.55 bits per heavy atom. The molecule has 0 radical (unpaired) electrons. The average molecular weight is 446 g/mol. The van der Waals surface area contributed by atoms with Crippen LogP contribution in [0.4, 0.5) is 8.78 Å². The molecule has 2 aromatic carbocycles. The normalized spacial score (nSPS) is 17.3. The van der Waals surface area contributed by atoms with Crippen LogP contribution in [0.5, 0.6) is 17.2 Å². The molecule has 0 aliphatic carbocycles. The minimum atomic E-state index is -3.85. The quantitative estimate of drug-likeness (QED) is 0.649. The zero-order valence-corrected chi connectivity index (χ0v) is 17.8. The summed E-state index contributed by atoms with van der Waals surface area (Å²) in [6.45, 7) is 0.271. The number of methoxy groups -OCH3 is 3. The number of hydrogen-bond acceptors (Lipinski definition) is 6. The second-order valence-corrected chi connectivity index (χ2v) is 9.43. The predicted molar refractivity (Wildman–Crippen MR) is 107 cm³/mol. The molecule has 6 nitrogen and oxygen atoms in total. The fourth-order valence-corrected chi connectivity index (χ4v) is 6.60. The molecule has 158 valence electrons. The summed E-state index contributed by atoms with van der Waals surface area (Å²) >= 11 is 1.43. The van der Waals surface area contributed by atoms with Crippen molar-refractivity contribution in [3.05, 3.63) is 53.1 Å². The SMILES string of the molecule is COc1cc(OC)c(C2SCCN2S(=O)(=O)Cc2cc(F)cc(F)c2)cc1OC. The number of rotatable bonds is 7. The lowest BCUT2D eigenvalue weighted by atomic mass is 10.1. The Bertz CT molecular complexity index is 980. The first kappa shape index (κ1) is 21.7. The molecule has 10 heteroatoms. The molecule has 3 rings (SSSR count). The van der Waals surface area contributed by atoms with Gasteiger partial charge in [0.15, 0.2) is 11.5 Å². The van der Waals surface area contributed by atoms with Gasteiger partial charge in [0.25, 0.3) is 0 Å². The summed E-state index contributed by atoms with van der Waals surface area (Å²) in [7, 11) is 0.617. The molecule has 0 aromatic heterocycles. The monoisotopic (exact) mass is 445 g/mol. The molecule has 0 bridgehead atoms. The van der Waals surface area contributed by atoms with E-state index in [1.54, 1.807) is 12.1 Å². The van der Waals surface area contributed by atoms with Crippen molar-refractivity contribution in [1.29, 1.82) is 0 Å². The fourth-order valence-electron chi connectivity index (χ4n) is 3.22. The van der Waals surface area contributed by atoms with Crippen LogP contribution in [-0.4, -0.2) is 46.4 Å². The molecule has 1 heterocycles. The first-order valence-electron chi connectivity index (χ1n) is 8.65. The van der Waals surface area contributed by atoms with E-state index in [9.17, 15) is 17.2 Å². The third-order valence-corrected chi connectivity index (χ3v) is 7.66. The Balaban J connectivity index is 1.97. The van der Waals surface area contributed by atoms with E-state index >= 15 is 0 Å². The van der Waals surface area contributed by atoms with Gasteiger partial charge < -0.3 is 14.2 Å². The van der Waals surface area contributed by atoms with Crippen LogP contribution in [0, 0.1) is 11.6 Å². The fraction of sp³-hybridized carbons (Fsp3) is 0.368. The number of nitrogens with zero attached hydrogens (tertiary/aromatic N) is 1. The van der Waals surface area contributed by atoms with Gasteiger partial charge in [-0.25, -0.2) is 17.2 Å². The molecule has 29 heavy (non-hydrogen) atoms. The number of ether oxygens (including phenoxy) is 3. The van der Waals surface area contributed by atoms with Crippen molar-refractivity contribution >= 4 is 21.8 Å². The van der Waals surface area contributed by atoms with Crippen molar-refractivity contribution in [2.75, 3.05) is 33.6 Å². The summed E-state index contributed by atoms with van der Waals surface area (Å²) in [5.74, 6) is -0.207. The summed E-state index contributed by atoms with van der Waals surface area (Å²) in [5.41, 5.74) is 0.666. The maximum Gasteiger partial charge on any atom is 0.219 e. The molecule has 1 saturated heterocycles. The minimum absolute atomic E-state index is 0.0532. The van der Waals surface area contributed by atoms with E-state index in [4.69, 9.17) is 14.2 Å². The molecular formula is C19H21F2NO5S2. The van der Waals surface area contributed by atoms with Gasteiger partial charge in [-0.3, -0.25) is 0 Å². The van der Waals surface area contributed by atoms with Crippen molar-refractivity contribution in [3.8, 4) is 17.2 Å². The number of halogens is 2. The average Bonchev–Trinajstić information content (AvgIpc) is 3.16. The van der Waals surface area contributed by atoms with Gasteiger partial charge in [0.1, 0.15) is 17.4 Å². The molecule has 1 atom stereocenters. The Morgan fingerprint density at radius 1 is 0.966 bits per heavy atom. The van der Waals surface area contributed by atoms with Crippen LogP contribution in [0.1, 0.15) is 16.5 Å². The highest BCUT2D eigenvalue weighted by Crippen LogP contribution is 2.47. The van der Waals surface area contributed by atoms with E-state index < -0.39 is 32.8 Å². The van der Waals surface area contributed by atoms with Crippen LogP contribution in [0.15, 0.2) is 30.3 Å². The van der Waals surface area contributed by atoms with E-state index in [-0.39, 0.29) is 12.1 Å². The van der Waals surface area contributed by atoms with Crippen molar-refractivity contribution in [2.24, 2.45) is 0 Å². The second kappa shape index (κ2) is 8.76. The van der Waals surface area contributed by atoms with Crippen LogP contribution in [0.3, 0.4) is 0 Å². The van der Waals surface area contributed by atoms with Gasteiger partial charge >= 0.3 is 0 Å². The molecule has 1 aliphatic rings. The first-order chi connectivity index (χ1) is 13.8. The van der Waals surface area contributed by atoms with E-state index in [0.29, 0.717) is 34.6 Å². The van der Waals surface area contributed by atoms with Crippen LogP contribution >= 0.6 is 11.8 Å². The zero-order valence-electron chi connectivity index (χ0n) is 16.1. The lowest BCUT2D eigenvalue weighted by Gasteiger charge is -2.25. The van der Waals surface area contributed by atoms with E-state index in [1.165, 1.54) is 37.4 Å². The molecule has 0 N–H and O–H groups in total. The Morgan fingerprint density at radius 3 is 2.14 bits per heavy atom. The number of thioether (sulfide) groups is 1. The van der Waals surface area contributed by atoms with Crippen LogP contribution in [0.2, 0.25) is 0 Å². The molecule has 1 aliphatic heterocycles. The summed E-state index contributed by atoms with van der Waals surface area (Å²) < 4.78 is 70.5. The van der Waals surface area contributed by atoms with Crippen molar-refractivity contribution in [2.45, 2.75) is 11.1 Å². The Hall–Kier alpha value is -2.04. The molecule has 0 saturated carbocycles. The Labute approximate surface area is 172 Å². The van der Waals surface area contributed by atoms with Gasteiger partial charge in [-0.15, -0.1) is 11.8 Å². The summed E-state index contributed by atoms with van der Waals surface area (Å²) in [5, 5.41) is -0.562. The van der Waals surface area contributed by atoms with Gasteiger partial charge in [0, 0.05) is 30.0 Å². The van der Waals surface area contributed by atoms with E-state index in [2.05, 4.69) is 0 Å². The minimum Gasteiger partial charge on any atom is -0.496 e. The highest BCUT2D eigenvalue weighted by molar-refractivity contribution is 8.00. The predicted octanol–water partition coefficient (Wildman–Crippen LogP) is 3.57. The first-order valence-corrected chi connectivity index (χ1v) is 11.3. The van der Waals surface area contributed by atoms with Gasteiger partial charge in [-0.2, -0.15) is 4.31 Å². The zero-order chi connectivity index (χ0) is 21.2. The molecule has 0 spiro atoms. The third-order valence-electron chi connectivity index (χ3n) is 4.48. The van der Waals surface area contributed by atoms with E-state index in [1.807, 2.05) is 0 Å². The van der Waals surface area contributed by atoms with Crippen molar-refractivity contribution < 1.29 is 31.4 Å². The molecule has 0 amide bonds. The third kappa shape index (κ3) is 4.59. The summed E-state index contributed by atoms with van der Waals surface area (Å²) in [4.78, 5) is 0. The summed E-state index contributed by atoms with van der Waals surface area (Å²) in [6, 6.07) is 6.08. The molecular weight excluding hydrogens is 424 g/mol. The van der Waals surface area contributed by atoms with Crippen LogP contribution < -0.4 is 14.2 Å². The largest absolute Gasteiger partial charge is 0.496 e. The van der Waals surface area contributed by atoms with Crippen LogP contribution in [0.25, 0.3) is 0 Å². The second-order valence-electron chi connectivity index (χ2n) is 6.32. The number of hydrogen-bond donors (Lipinski definition) is 0. The van der Waals surface area contributed by atoms with Gasteiger partial charge in [-0.1, -0.05) is 0 Å². The number of sulfonamides is 1. The molecule has 2 aromatic rings. The molecule has 1 fully saturated rings. The van der Waals surface area contributed by atoms with Crippen LogP contribution in [-0.2, 0) is 15.8 Å².